The lowest BCUT2D eigenvalue weighted by Gasteiger charge is -2.10. The lowest BCUT2D eigenvalue weighted by Crippen LogP contribution is -2.36. The number of benzene rings is 1. The molecule has 9 nitrogen and oxygen atoms in total. The summed E-state index contributed by atoms with van der Waals surface area (Å²) in [5.74, 6) is -1.58. The smallest absolute Gasteiger partial charge is 0.333 e. The Hall–Kier alpha value is -2.04. The van der Waals surface area contributed by atoms with Crippen molar-refractivity contribution in [2.75, 3.05) is 6.54 Å². The Kier molecular flexibility index (Phi) is 4.76. The van der Waals surface area contributed by atoms with Gasteiger partial charge in [-0.3, -0.25) is 10.1 Å². The topological polar surface area (TPSA) is 147 Å². The number of rotatable bonds is 6. The molecule has 0 spiro atoms. The molecule has 0 unspecified atom stereocenters. The summed E-state index contributed by atoms with van der Waals surface area (Å²) in [6.45, 7) is 0.700. The zero-order valence-electron chi connectivity index (χ0n) is 10.3. The Labute approximate surface area is 114 Å². The van der Waals surface area contributed by atoms with Gasteiger partial charge in [0.1, 0.15) is 0 Å². The number of hydrogen-bond donors (Lipinski definition) is 3. The Bertz CT molecular complexity index is 641. The quantitative estimate of drug-likeness (QED) is 0.479. The number of nitrogens with one attached hydrogen (secondary N) is 1. The van der Waals surface area contributed by atoms with Crippen LogP contribution in [0.15, 0.2) is 23.1 Å². The number of carboxylic acid groups (broad SMARTS) is 1. The lowest BCUT2D eigenvalue weighted by molar-refractivity contribution is -0.385. The highest BCUT2D eigenvalue weighted by Gasteiger charge is 2.23. The Morgan fingerprint density at radius 3 is 2.60 bits per heavy atom. The van der Waals surface area contributed by atoms with Crippen LogP contribution < -0.4 is 4.72 Å². The molecule has 3 N–H and O–H groups in total. The second-order valence-corrected chi connectivity index (χ2v) is 5.65. The van der Waals surface area contributed by atoms with Gasteiger partial charge in [-0.25, -0.2) is 17.9 Å². The highest BCUT2D eigenvalue weighted by Crippen LogP contribution is 2.21. The van der Waals surface area contributed by atoms with Crippen molar-refractivity contribution in [1.82, 2.24) is 4.72 Å². The monoisotopic (exact) mass is 304 g/mol. The second kappa shape index (κ2) is 5.94. The van der Waals surface area contributed by atoms with Gasteiger partial charge in [0.2, 0.25) is 10.0 Å². The molecule has 20 heavy (non-hydrogen) atoms. The van der Waals surface area contributed by atoms with Crippen molar-refractivity contribution in [3.8, 4) is 0 Å². The zero-order chi connectivity index (χ0) is 15.5. The molecule has 1 rings (SSSR count). The molecule has 0 bridgehead atoms. The number of aliphatic hydroxyl groups excluding tert-OH is 1. The van der Waals surface area contributed by atoms with Crippen molar-refractivity contribution in [3.63, 3.8) is 0 Å². The van der Waals surface area contributed by atoms with Crippen molar-refractivity contribution in [1.29, 1.82) is 0 Å². The Morgan fingerprint density at radius 1 is 1.50 bits per heavy atom. The SMILES string of the molecule is Cc1ccc([N+](=O)[O-])cc1S(=O)(=O)NC[C@H](O)C(=O)O. The van der Waals surface area contributed by atoms with Crippen LogP contribution in [0.2, 0.25) is 0 Å². The van der Waals surface area contributed by atoms with Gasteiger partial charge in [-0.1, -0.05) is 6.07 Å². The fourth-order valence-electron chi connectivity index (χ4n) is 1.35. The van der Waals surface area contributed by atoms with Crippen LogP contribution >= 0.6 is 0 Å². The maximum Gasteiger partial charge on any atom is 0.333 e. The highest BCUT2D eigenvalue weighted by atomic mass is 32.2. The minimum atomic E-state index is -4.15. The van der Waals surface area contributed by atoms with E-state index in [1.807, 2.05) is 4.72 Å². The van der Waals surface area contributed by atoms with Crippen LogP contribution in [0.3, 0.4) is 0 Å². The van der Waals surface area contributed by atoms with E-state index in [0.717, 1.165) is 12.1 Å². The number of nitro benzene ring substituents is 1. The summed E-state index contributed by atoms with van der Waals surface area (Å²) in [4.78, 5) is 19.9. The average Bonchev–Trinajstić information content (AvgIpc) is 2.35. The number of hydrogen-bond acceptors (Lipinski definition) is 6. The van der Waals surface area contributed by atoms with Crippen LogP contribution in [0.1, 0.15) is 5.56 Å². The molecule has 1 aromatic rings. The molecule has 0 saturated heterocycles. The molecule has 10 heteroatoms. The summed E-state index contributed by atoms with van der Waals surface area (Å²) >= 11 is 0. The molecule has 0 fully saturated rings. The molecule has 0 aliphatic carbocycles. The maximum atomic E-state index is 11.9. The normalized spacial score (nSPS) is 12.9. The van der Waals surface area contributed by atoms with E-state index in [1.54, 1.807) is 0 Å². The van der Waals surface area contributed by atoms with Gasteiger partial charge in [-0.15, -0.1) is 0 Å². The van der Waals surface area contributed by atoms with Gasteiger partial charge in [-0.05, 0) is 12.5 Å². The maximum absolute atomic E-state index is 11.9. The van der Waals surface area contributed by atoms with E-state index in [4.69, 9.17) is 10.2 Å². The van der Waals surface area contributed by atoms with Crippen molar-refractivity contribution in [2.45, 2.75) is 17.9 Å². The third kappa shape index (κ3) is 3.73. The van der Waals surface area contributed by atoms with Crippen molar-refractivity contribution in [3.05, 3.63) is 33.9 Å². The van der Waals surface area contributed by atoms with Crippen LogP contribution in [-0.2, 0) is 14.8 Å². The molecule has 0 amide bonds. The second-order valence-electron chi connectivity index (χ2n) is 3.91. The number of nitrogens with zero attached hydrogens (tertiary/aromatic N) is 1. The first-order valence-electron chi connectivity index (χ1n) is 5.30. The van der Waals surface area contributed by atoms with Crippen LogP contribution in [0.4, 0.5) is 5.69 Å². The van der Waals surface area contributed by atoms with E-state index < -0.39 is 39.3 Å². The molecule has 0 radical (unpaired) electrons. The highest BCUT2D eigenvalue weighted by molar-refractivity contribution is 7.89. The van der Waals surface area contributed by atoms with Crippen LogP contribution in [0.25, 0.3) is 0 Å². The van der Waals surface area contributed by atoms with E-state index >= 15 is 0 Å². The molecule has 0 saturated carbocycles. The summed E-state index contributed by atoms with van der Waals surface area (Å²) in [5, 5.41) is 28.1. The number of aliphatic hydroxyl groups is 1. The molecule has 0 aliphatic rings. The van der Waals surface area contributed by atoms with Gasteiger partial charge in [0, 0.05) is 18.7 Å². The number of carboxylic acids is 1. The van der Waals surface area contributed by atoms with E-state index in [2.05, 4.69) is 0 Å². The van der Waals surface area contributed by atoms with E-state index in [0.29, 0.717) is 0 Å². The Balaban J connectivity index is 3.06. The summed E-state index contributed by atoms with van der Waals surface area (Å²) in [6, 6.07) is 3.28. The van der Waals surface area contributed by atoms with Crippen LogP contribution in [0.5, 0.6) is 0 Å². The molecule has 1 aromatic carbocycles. The van der Waals surface area contributed by atoms with Gasteiger partial charge >= 0.3 is 5.97 Å². The third-order valence-electron chi connectivity index (χ3n) is 2.42. The standard InChI is InChI=1S/C10H12N2O7S/c1-6-2-3-7(12(16)17)4-9(6)20(18,19)11-5-8(13)10(14)15/h2-4,8,11,13H,5H2,1H3,(H,14,15)/t8-/m0/s1. The van der Waals surface area contributed by atoms with Crippen molar-refractivity contribution >= 4 is 21.7 Å². The predicted octanol–water partition coefficient (Wildman–Crippen LogP) is -0.373. The molecule has 110 valence electrons. The van der Waals surface area contributed by atoms with Crippen molar-refractivity contribution in [2.24, 2.45) is 0 Å². The number of nitro groups is 1. The average molecular weight is 304 g/mol. The molecular formula is C10H12N2O7S. The van der Waals surface area contributed by atoms with E-state index in [-0.39, 0.29) is 10.5 Å². The first-order valence-corrected chi connectivity index (χ1v) is 6.79. The largest absolute Gasteiger partial charge is 0.479 e. The summed E-state index contributed by atoms with van der Waals surface area (Å²) < 4.78 is 25.7. The molecule has 0 aliphatic heterocycles. The van der Waals surface area contributed by atoms with Crippen LogP contribution in [0, 0.1) is 17.0 Å². The molecule has 1 atom stereocenters. The molecule has 0 aromatic heterocycles. The van der Waals surface area contributed by atoms with Gasteiger partial charge in [0.15, 0.2) is 6.10 Å². The fraction of sp³-hybridized carbons (Fsp3) is 0.300. The summed E-state index contributed by atoms with van der Waals surface area (Å²) in [5.41, 5.74) is -0.150. The fourth-order valence-corrected chi connectivity index (χ4v) is 2.65. The summed E-state index contributed by atoms with van der Waals surface area (Å²) in [7, 11) is -4.15. The van der Waals surface area contributed by atoms with Gasteiger partial charge in [-0.2, -0.15) is 0 Å². The minimum absolute atomic E-state index is 0.257. The lowest BCUT2D eigenvalue weighted by atomic mass is 10.2. The third-order valence-corrected chi connectivity index (χ3v) is 3.99. The first-order chi connectivity index (χ1) is 9.15. The zero-order valence-corrected chi connectivity index (χ0v) is 11.1. The summed E-state index contributed by atoms with van der Waals surface area (Å²) in [6.07, 6.45) is -1.90. The van der Waals surface area contributed by atoms with E-state index in [1.165, 1.54) is 13.0 Å². The Morgan fingerprint density at radius 2 is 2.10 bits per heavy atom. The molecule has 0 heterocycles. The molecular weight excluding hydrogens is 292 g/mol. The van der Waals surface area contributed by atoms with Gasteiger partial charge in [0.05, 0.1) is 9.82 Å². The van der Waals surface area contributed by atoms with Gasteiger partial charge in [0.25, 0.3) is 5.69 Å². The number of aryl methyl sites for hydroxylation is 1. The minimum Gasteiger partial charge on any atom is -0.479 e. The number of non-ortho nitro benzene ring substituents is 1. The van der Waals surface area contributed by atoms with Gasteiger partial charge < -0.3 is 10.2 Å². The number of carbonyl (C=O) groups is 1. The number of sulfonamides is 1. The van der Waals surface area contributed by atoms with Crippen LogP contribution in [-0.4, -0.2) is 42.2 Å². The number of aliphatic carboxylic acids is 1. The first kappa shape index (κ1) is 16.0. The predicted molar refractivity (Wildman–Crippen MR) is 66.7 cm³/mol. The van der Waals surface area contributed by atoms with Crippen molar-refractivity contribution < 1.29 is 28.3 Å². The van der Waals surface area contributed by atoms with E-state index in [9.17, 15) is 23.3 Å².